The highest BCUT2D eigenvalue weighted by molar-refractivity contribution is 5.18. The molecule has 0 aliphatic carbocycles. The highest BCUT2D eigenvalue weighted by atomic mass is 16.5. The van der Waals surface area contributed by atoms with E-state index in [9.17, 15) is 0 Å². The number of hydrogen-bond acceptors (Lipinski definition) is 1. The molecule has 1 heteroatoms. The third kappa shape index (κ3) is 2.13. The number of terminal acetylenes is 1. The first kappa shape index (κ1) is 11.2. The van der Waals surface area contributed by atoms with Gasteiger partial charge in [0.25, 0.3) is 0 Å². The summed E-state index contributed by atoms with van der Waals surface area (Å²) in [5, 5.41) is 0. The van der Waals surface area contributed by atoms with Crippen LogP contribution >= 0.6 is 0 Å². The predicted molar refractivity (Wildman–Crippen MR) is 66.0 cm³/mol. The van der Waals surface area contributed by atoms with Crippen LogP contribution < -0.4 is 0 Å². The smallest absolute Gasteiger partial charge is 0.0671 e. The van der Waals surface area contributed by atoms with E-state index in [1.54, 1.807) is 0 Å². The molecule has 0 unspecified atom stereocenters. The van der Waals surface area contributed by atoms with Gasteiger partial charge in [-0.05, 0) is 25.8 Å². The van der Waals surface area contributed by atoms with Crippen LogP contribution in [0.4, 0.5) is 0 Å². The van der Waals surface area contributed by atoms with Gasteiger partial charge < -0.3 is 4.74 Å². The number of benzene rings is 1. The minimum absolute atomic E-state index is 0.104. The number of ether oxygens (including phenoxy) is 1. The van der Waals surface area contributed by atoms with Gasteiger partial charge in [-0.25, -0.2) is 0 Å². The maximum absolute atomic E-state index is 5.79. The molecule has 0 N–H and O–H groups in total. The predicted octanol–water partition coefficient (Wildman–Crippen LogP) is 2.90. The lowest BCUT2D eigenvalue weighted by Gasteiger charge is -2.27. The van der Waals surface area contributed by atoms with Crippen LogP contribution in [0, 0.1) is 24.2 Å². The molecular weight excluding hydrogens is 196 g/mol. The van der Waals surface area contributed by atoms with Crippen LogP contribution in [0.5, 0.6) is 0 Å². The second-order valence-corrected chi connectivity index (χ2v) is 4.98. The zero-order chi connectivity index (χ0) is 11.6. The van der Waals surface area contributed by atoms with Gasteiger partial charge in [-0.15, -0.1) is 12.3 Å². The third-order valence-electron chi connectivity index (χ3n) is 3.53. The monoisotopic (exact) mass is 214 g/mol. The number of rotatable bonds is 2. The lowest BCUT2D eigenvalue weighted by molar-refractivity contribution is 0.0112. The SMILES string of the molecule is C#C[C@H]1COC(C)(C)[C@H]1Cc1ccccc1. The van der Waals surface area contributed by atoms with E-state index in [1.165, 1.54) is 5.56 Å². The van der Waals surface area contributed by atoms with Gasteiger partial charge in [0.1, 0.15) is 0 Å². The molecule has 0 amide bonds. The summed E-state index contributed by atoms with van der Waals surface area (Å²) in [4.78, 5) is 0. The number of hydrogen-bond donors (Lipinski definition) is 0. The first-order valence-corrected chi connectivity index (χ1v) is 5.77. The Balaban J connectivity index is 2.16. The molecule has 0 bridgehead atoms. The quantitative estimate of drug-likeness (QED) is 0.688. The average molecular weight is 214 g/mol. The minimum Gasteiger partial charge on any atom is -0.374 e. The molecule has 1 heterocycles. The molecule has 0 radical (unpaired) electrons. The van der Waals surface area contributed by atoms with Gasteiger partial charge in [0.15, 0.2) is 0 Å². The summed E-state index contributed by atoms with van der Waals surface area (Å²) in [6, 6.07) is 10.5. The molecule has 0 spiro atoms. The average Bonchev–Trinajstić information content (AvgIpc) is 2.56. The molecule has 1 aliphatic rings. The van der Waals surface area contributed by atoms with Crippen LogP contribution in [0.25, 0.3) is 0 Å². The molecule has 84 valence electrons. The van der Waals surface area contributed by atoms with E-state index in [4.69, 9.17) is 11.2 Å². The topological polar surface area (TPSA) is 9.23 Å². The van der Waals surface area contributed by atoms with Crippen LogP contribution in [-0.4, -0.2) is 12.2 Å². The van der Waals surface area contributed by atoms with Crippen molar-refractivity contribution < 1.29 is 4.74 Å². The van der Waals surface area contributed by atoms with Crippen LogP contribution in [0.15, 0.2) is 30.3 Å². The molecule has 16 heavy (non-hydrogen) atoms. The molecule has 0 aromatic heterocycles. The Morgan fingerprint density at radius 3 is 2.69 bits per heavy atom. The van der Waals surface area contributed by atoms with Gasteiger partial charge in [-0.3, -0.25) is 0 Å². The third-order valence-corrected chi connectivity index (χ3v) is 3.53. The van der Waals surface area contributed by atoms with E-state index >= 15 is 0 Å². The van der Waals surface area contributed by atoms with E-state index in [1.807, 2.05) is 6.07 Å². The summed E-state index contributed by atoms with van der Waals surface area (Å²) in [5.41, 5.74) is 1.23. The van der Waals surface area contributed by atoms with Gasteiger partial charge >= 0.3 is 0 Å². The van der Waals surface area contributed by atoms with Gasteiger partial charge in [-0.1, -0.05) is 30.3 Å². The van der Waals surface area contributed by atoms with Gasteiger partial charge in [0, 0.05) is 11.8 Å². The molecule has 1 saturated heterocycles. The van der Waals surface area contributed by atoms with Gasteiger partial charge in [0.2, 0.25) is 0 Å². The van der Waals surface area contributed by atoms with E-state index < -0.39 is 0 Å². The Labute approximate surface area is 97.8 Å². The summed E-state index contributed by atoms with van der Waals surface area (Å²) < 4.78 is 5.79. The van der Waals surface area contributed by atoms with Crippen LogP contribution in [0.1, 0.15) is 19.4 Å². The molecular formula is C15H18O. The fourth-order valence-electron chi connectivity index (χ4n) is 2.43. The second kappa shape index (κ2) is 4.31. The zero-order valence-corrected chi connectivity index (χ0v) is 9.94. The van der Waals surface area contributed by atoms with Crippen molar-refractivity contribution in [3.63, 3.8) is 0 Å². The zero-order valence-electron chi connectivity index (χ0n) is 9.94. The fourth-order valence-corrected chi connectivity index (χ4v) is 2.43. The minimum atomic E-state index is -0.104. The summed E-state index contributed by atoms with van der Waals surface area (Å²) in [6.45, 7) is 4.97. The summed E-state index contributed by atoms with van der Waals surface area (Å²) in [6.07, 6.45) is 6.57. The van der Waals surface area contributed by atoms with Gasteiger partial charge in [0.05, 0.1) is 12.2 Å². The first-order valence-electron chi connectivity index (χ1n) is 5.77. The van der Waals surface area contributed by atoms with Crippen molar-refractivity contribution in [3.05, 3.63) is 35.9 Å². The maximum atomic E-state index is 5.79. The normalized spacial score (nSPS) is 27.6. The standard InChI is InChI=1S/C15H18O/c1-4-13-11-16-15(2,3)14(13)10-12-8-6-5-7-9-12/h1,5-9,13-14H,10-11H2,2-3H3/t13-,14-/m0/s1. The van der Waals surface area contributed by atoms with E-state index in [0.717, 1.165) is 6.42 Å². The summed E-state index contributed by atoms with van der Waals surface area (Å²) in [5.74, 6) is 3.53. The molecule has 1 nitrogen and oxygen atoms in total. The molecule has 2 atom stereocenters. The van der Waals surface area contributed by atoms with Crippen LogP contribution in [-0.2, 0) is 11.2 Å². The first-order chi connectivity index (χ1) is 7.63. The molecule has 1 fully saturated rings. The lowest BCUT2D eigenvalue weighted by Crippen LogP contribution is -2.31. The lowest BCUT2D eigenvalue weighted by atomic mass is 9.79. The largest absolute Gasteiger partial charge is 0.374 e. The van der Waals surface area contributed by atoms with Crippen LogP contribution in [0.2, 0.25) is 0 Å². The molecule has 1 aliphatic heterocycles. The van der Waals surface area contributed by atoms with Gasteiger partial charge in [-0.2, -0.15) is 0 Å². The van der Waals surface area contributed by atoms with Crippen molar-refractivity contribution in [2.45, 2.75) is 25.9 Å². The molecule has 0 saturated carbocycles. The fraction of sp³-hybridized carbons (Fsp3) is 0.467. The van der Waals surface area contributed by atoms with Crippen molar-refractivity contribution in [3.8, 4) is 12.3 Å². The Bertz CT molecular complexity index is 386. The van der Waals surface area contributed by atoms with E-state index in [2.05, 4.69) is 44.0 Å². The highest BCUT2D eigenvalue weighted by Gasteiger charge is 2.42. The summed E-state index contributed by atoms with van der Waals surface area (Å²) in [7, 11) is 0. The Hall–Kier alpha value is -1.26. The van der Waals surface area contributed by atoms with E-state index in [-0.39, 0.29) is 11.5 Å². The summed E-state index contributed by atoms with van der Waals surface area (Å²) >= 11 is 0. The Morgan fingerprint density at radius 1 is 1.38 bits per heavy atom. The molecule has 1 aromatic carbocycles. The van der Waals surface area contributed by atoms with Crippen molar-refractivity contribution in [1.29, 1.82) is 0 Å². The molecule has 1 aromatic rings. The van der Waals surface area contributed by atoms with E-state index in [0.29, 0.717) is 12.5 Å². The maximum Gasteiger partial charge on any atom is 0.0671 e. The van der Waals surface area contributed by atoms with Crippen molar-refractivity contribution in [2.24, 2.45) is 11.8 Å². The van der Waals surface area contributed by atoms with Crippen molar-refractivity contribution in [1.82, 2.24) is 0 Å². The van der Waals surface area contributed by atoms with Crippen LogP contribution in [0.3, 0.4) is 0 Å². The Kier molecular flexibility index (Phi) is 3.03. The van der Waals surface area contributed by atoms with Crippen molar-refractivity contribution >= 4 is 0 Å². The second-order valence-electron chi connectivity index (χ2n) is 4.98. The molecule has 2 rings (SSSR count). The van der Waals surface area contributed by atoms with Crippen molar-refractivity contribution in [2.75, 3.05) is 6.61 Å². The Morgan fingerprint density at radius 2 is 2.06 bits per heavy atom. The highest BCUT2D eigenvalue weighted by Crippen LogP contribution is 2.37.